The highest BCUT2D eigenvalue weighted by atomic mass is 16.5. The second kappa shape index (κ2) is 11.3. The molecule has 0 aliphatic heterocycles. The summed E-state index contributed by atoms with van der Waals surface area (Å²) in [5, 5.41) is 0. The Morgan fingerprint density at radius 1 is 1.13 bits per heavy atom. The quantitative estimate of drug-likeness (QED) is 0.329. The zero-order chi connectivity index (χ0) is 11.4. The Hall–Kier alpha value is -0.790. The van der Waals surface area contributed by atoms with Gasteiger partial charge in [-0.1, -0.05) is 38.8 Å². The van der Waals surface area contributed by atoms with E-state index in [9.17, 15) is 4.79 Å². The minimum atomic E-state index is -0.0390. The van der Waals surface area contributed by atoms with Crippen molar-refractivity contribution in [3.8, 4) is 0 Å². The topological polar surface area (TPSA) is 26.3 Å². The van der Waals surface area contributed by atoms with Crippen molar-refractivity contribution in [2.45, 2.75) is 58.8 Å². The van der Waals surface area contributed by atoms with Crippen LogP contribution in [0.5, 0.6) is 0 Å². The van der Waals surface area contributed by atoms with Crippen LogP contribution < -0.4 is 0 Å². The standard InChI is InChI=1S/C13H24O2/c1-3-5-7-8-10-12-15-13(14)11-9-6-4-2/h5,7H,3-4,6,8-12H2,1-2H3/b7-5-. The Bertz CT molecular complexity index is 173. The summed E-state index contributed by atoms with van der Waals surface area (Å²) in [6, 6.07) is 0. The molecule has 0 radical (unpaired) electrons. The van der Waals surface area contributed by atoms with Gasteiger partial charge in [0.25, 0.3) is 0 Å². The molecule has 0 saturated heterocycles. The molecule has 0 unspecified atom stereocenters. The van der Waals surface area contributed by atoms with Crippen molar-refractivity contribution in [1.29, 1.82) is 0 Å². The Labute approximate surface area is 93.7 Å². The molecule has 0 saturated carbocycles. The predicted molar refractivity (Wildman–Crippen MR) is 63.8 cm³/mol. The van der Waals surface area contributed by atoms with E-state index in [1.807, 2.05) is 0 Å². The third-order valence-electron chi connectivity index (χ3n) is 2.17. The molecule has 0 aliphatic rings. The van der Waals surface area contributed by atoms with E-state index < -0.39 is 0 Å². The Morgan fingerprint density at radius 3 is 2.60 bits per heavy atom. The van der Waals surface area contributed by atoms with Gasteiger partial charge in [-0.3, -0.25) is 4.79 Å². The molecule has 0 heterocycles. The van der Waals surface area contributed by atoms with Gasteiger partial charge in [0.2, 0.25) is 0 Å². The molecule has 0 rings (SSSR count). The fraction of sp³-hybridized carbons (Fsp3) is 0.769. The normalized spacial score (nSPS) is 10.8. The van der Waals surface area contributed by atoms with Gasteiger partial charge in [-0.15, -0.1) is 0 Å². The fourth-order valence-electron chi connectivity index (χ4n) is 1.26. The molecule has 15 heavy (non-hydrogen) atoms. The van der Waals surface area contributed by atoms with E-state index in [-0.39, 0.29) is 5.97 Å². The summed E-state index contributed by atoms with van der Waals surface area (Å²) in [7, 11) is 0. The molecule has 0 aliphatic carbocycles. The van der Waals surface area contributed by atoms with Crippen LogP contribution in [-0.4, -0.2) is 12.6 Å². The molecule has 0 aromatic carbocycles. The average Bonchev–Trinajstić information content (AvgIpc) is 2.23. The first-order valence-corrected chi connectivity index (χ1v) is 6.11. The summed E-state index contributed by atoms with van der Waals surface area (Å²) in [5.74, 6) is -0.0390. The molecule has 0 amide bonds. The van der Waals surface area contributed by atoms with Crippen LogP contribution >= 0.6 is 0 Å². The van der Waals surface area contributed by atoms with Crippen LogP contribution in [0.3, 0.4) is 0 Å². The summed E-state index contributed by atoms with van der Waals surface area (Å²) in [5.41, 5.74) is 0. The SMILES string of the molecule is CC/C=C\CCCOC(=O)CCCCC. The largest absolute Gasteiger partial charge is 0.466 e. The van der Waals surface area contributed by atoms with Crippen molar-refractivity contribution < 1.29 is 9.53 Å². The van der Waals surface area contributed by atoms with Gasteiger partial charge in [0.1, 0.15) is 0 Å². The van der Waals surface area contributed by atoms with Crippen molar-refractivity contribution in [1.82, 2.24) is 0 Å². The van der Waals surface area contributed by atoms with E-state index in [0.717, 1.165) is 38.5 Å². The molecule has 0 fully saturated rings. The smallest absolute Gasteiger partial charge is 0.305 e. The first kappa shape index (κ1) is 14.2. The van der Waals surface area contributed by atoms with Gasteiger partial charge in [-0.2, -0.15) is 0 Å². The molecular formula is C13H24O2. The van der Waals surface area contributed by atoms with Gasteiger partial charge in [-0.05, 0) is 25.7 Å². The fourth-order valence-corrected chi connectivity index (χ4v) is 1.26. The van der Waals surface area contributed by atoms with Gasteiger partial charge in [0.05, 0.1) is 6.61 Å². The van der Waals surface area contributed by atoms with Gasteiger partial charge < -0.3 is 4.74 Å². The summed E-state index contributed by atoms with van der Waals surface area (Å²) in [4.78, 5) is 11.2. The Kier molecular flexibility index (Phi) is 10.7. The van der Waals surface area contributed by atoms with Crippen LogP contribution in [-0.2, 0) is 9.53 Å². The lowest BCUT2D eigenvalue weighted by Crippen LogP contribution is -2.05. The summed E-state index contributed by atoms with van der Waals surface area (Å²) in [6.07, 6.45) is 11.1. The van der Waals surface area contributed by atoms with E-state index in [0.29, 0.717) is 13.0 Å². The lowest BCUT2D eigenvalue weighted by molar-refractivity contribution is -0.143. The highest BCUT2D eigenvalue weighted by Gasteiger charge is 2.00. The van der Waals surface area contributed by atoms with Crippen LogP contribution in [0.2, 0.25) is 0 Å². The third-order valence-corrected chi connectivity index (χ3v) is 2.17. The number of carbonyl (C=O) groups excluding carboxylic acids is 1. The van der Waals surface area contributed by atoms with Crippen molar-refractivity contribution >= 4 is 5.97 Å². The molecule has 88 valence electrons. The highest BCUT2D eigenvalue weighted by molar-refractivity contribution is 5.69. The molecule has 2 nitrogen and oxygen atoms in total. The van der Waals surface area contributed by atoms with Gasteiger partial charge in [-0.25, -0.2) is 0 Å². The van der Waals surface area contributed by atoms with Crippen molar-refractivity contribution in [3.63, 3.8) is 0 Å². The zero-order valence-corrected chi connectivity index (χ0v) is 10.1. The van der Waals surface area contributed by atoms with Crippen molar-refractivity contribution in [2.75, 3.05) is 6.61 Å². The number of carbonyl (C=O) groups is 1. The van der Waals surface area contributed by atoms with Crippen LogP contribution in [0.15, 0.2) is 12.2 Å². The lowest BCUT2D eigenvalue weighted by atomic mass is 10.2. The number of allylic oxidation sites excluding steroid dienone is 2. The predicted octanol–water partition coefficient (Wildman–Crippen LogP) is 3.86. The van der Waals surface area contributed by atoms with E-state index in [1.165, 1.54) is 0 Å². The lowest BCUT2D eigenvalue weighted by Gasteiger charge is -2.02. The molecule has 0 aromatic rings. The number of ether oxygens (including phenoxy) is 1. The number of unbranched alkanes of at least 4 members (excludes halogenated alkanes) is 3. The van der Waals surface area contributed by atoms with Gasteiger partial charge in [0, 0.05) is 6.42 Å². The second-order valence-electron chi connectivity index (χ2n) is 3.70. The van der Waals surface area contributed by atoms with Crippen LogP contribution in [0, 0.1) is 0 Å². The second-order valence-corrected chi connectivity index (χ2v) is 3.70. The first-order valence-electron chi connectivity index (χ1n) is 6.11. The van der Waals surface area contributed by atoms with Crippen LogP contribution in [0.25, 0.3) is 0 Å². The van der Waals surface area contributed by atoms with Crippen LogP contribution in [0.4, 0.5) is 0 Å². The van der Waals surface area contributed by atoms with Crippen molar-refractivity contribution in [3.05, 3.63) is 12.2 Å². The maximum absolute atomic E-state index is 11.2. The average molecular weight is 212 g/mol. The number of hydrogen-bond donors (Lipinski definition) is 0. The van der Waals surface area contributed by atoms with E-state index in [1.54, 1.807) is 0 Å². The Morgan fingerprint density at radius 2 is 1.93 bits per heavy atom. The van der Waals surface area contributed by atoms with E-state index in [4.69, 9.17) is 4.74 Å². The van der Waals surface area contributed by atoms with Crippen LogP contribution in [0.1, 0.15) is 58.8 Å². The first-order chi connectivity index (χ1) is 7.31. The third kappa shape index (κ3) is 11.1. The molecular weight excluding hydrogens is 188 g/mol. The molecule has 0 spiro atoms. The van der Waals surface area contributed by atoms with Gasteiger partial charge >= 0.3 is 5.97 Å². The number of esters is 1. The summed E-state index contributed by atoms with van der Waals surface area (Å²) < 4.78 is 5.10. The molecule has 2 heteroatoms. The summed E-state index contributed by atoms with van der Waals surface area (Å²) >= 11 is 0. The minimum Gasteiger partial charge on any atom is -0.466 e. The monoisotopic (exact) mass is 212 g/mol. The van der Waals surface area contributed by atoms with Crippen molar-refractivity contribution in [2.24, 2.45) is 0 Å². The van der Waals surface area contributed by atoms with E-state index >= 15 is 0 Å². The highest BCUT2D eigenvalue weighted by Crippen LogP contribution is 2.01. The molecule has 0 bridgehead atoms. The Balaban J connectivity index is 3.20. The number of rotatable bonds is 9. The maximum atomic E-state index is 11.2. The summed E-state index contributed by atoms with van der Waals surface area (Å²) in [6.45, 7) is 4.81. The number of hydrogen-bond acceptors (Lipinski definition) is 2. The minimum absolute atomic E-state index is 0.0390. The van der Waals surface area contributed by atoms with Gasteiger partial charge in [0.15, 0.2) is 0 Å². The van der Waals surface area contributed by atoms with E-state index in [2.05, 4.69) is 26.0 Å². The molecule has 0 aromatic heterocycles. The molecule has 0 N–H and O–H groups in total. The maximum Gasteiger partial charge on any atom is 0.305 e. The molecule has 0 atom stereocenters. The zero-order valence-electron chi connectivity index (χ0n) is 10.1.